The van der Waals surface area contributed by atoms with Crippen molar-refractivity contribution in [1.29, 1.82) is 0 Å². The van der Waals surface area contributed by atoms with Crippen LogP contribution in [0, 0.1) is 0 Å². The van der Waals surface area contributed by atoms with Gasteiger partial charge in [-0.2, -0.15) is 0 Å². The summed E-state index contributed by atoms with van der Waals surface area (Å²) in [7, 11) is 2.07. The standard InChI is InChI=1S/C14H23N3O2S/c1-17-13(11-5-4-6-11)15-16-14(17)20-10-9-19-12-7-2-3-8-18-12/h11-12H,2-10H2,1H3/t12-/m0/s1. The van der Waals surface area contributed by atoms with E-state index in [4.69, 9.17) is 9.47 Å². The SMILES string of the molecule is Cn1c(SCCO[C@H]2CCCCO2)nnc1C1CCC1. The molecule has 2 aliphatic rings. The summed E-state index contributed by atoms with van der Waals surface area (Å²) in [6.45, 7) is 1.55. The Bertz CT molecular complexity index is 428. The number of thioether (sulfide) groups is 1. The maximum absolute atomic E-state index is 5.73. The lowest BCUT2D eigenvalue weighted by molar-refractivity contribution is -0.158. The Morgan fingerprint density at radius 2 is 2.15 bits per heavy atom. The van der Waals surface area contributed by atoms with Crippen LogP contribution in [0.4, 0.5) is 0 Å². The van der Waals surface area contributed by atoms with Gasteiger partial charge in [0, 0.05) is 25.3 Å². The predicted molar refractivity (Wildman–Crippen MR) is 77.9 cm³/mol. The van der Waals surface area contributed by atoms with E-state index in [-0.39, 0.29) is 6.29 Å². The van der Waals surface area contributed by atoms with Crippen molar-refractivity contribution in [3.05, 3.63) is 5.82 Å². The lowest BCUT2D eigenvalue weighted by Gasteiger charge is -2.24. The number of hydrogen-bond acceptors (Lipinski definition) is 5. The molecule has 20 heavy (non-hydrogen) atoms. The smallest absolute Gasteiger partial charge is 0.191 e. The molecule has 1 aliphatic carbocycles. The van der Waals surface area contributed by atoms with Crippen LogP contribution in [0.25, 0.3) is 0 Å². The van der Waals surface area contributed by atoms with Crippen LogP contribution in [0.3, 0.4) is 0 Å². The highest BCUT2D eigenvalue weighted by atomic mass is 32.2. The molecule has 1 atom stereocenters. The van der Waals surface area contributed by atoms with Crippen molar-refractivity contribution in [2.45, 2.75) is 55.9 Å². The van der Waals surface area contributed by atoms with Crippen molar-refractivity contribution in [2.24, 2.45) is 7.05 Å². The summed E-state index contributed by atoms with van der Waals surface area (Å²) in [5, 5.41) is 9.63. The summed E-state index contributed by atoms with van der Waals surface area (Å²) in [5.74, 6) is 2.68. The normalized spacial score (nSPS) is 23.8. The third kappa shape index (κ3) is 3.35. The van der Waals surface area contributed by atoms with Crippen LogP contribution in [-0.2, 0) is 16.5 Å². The molecule has 2 heterocycles. The second-order valence-corrected chi connectivity index (χ2v) is 6.61. The molecule has 1 aromatic rings. The molecular formula is C14H23N3O2S. The molecule has 2 fully saturated rings. The highest BCUT2D eigenvalue weighted by Crippen LogP contribution is 2.35. The van der Waals surface area contributed by atoms with E-state index in [1.807, 2.05) is 0 Å². The van der Waals surface area contributed by atoms with Crippen LogP contribution in [0.2, 0.25) is 0 Å². The average molecular weight is 297 g/mol. The fourth-order valence-electron chi connectivity index (χ4n) is 2.63. The molecule has 0 unspecified atom stereocenters. The van der Waals surface area contributed by atoms with Crippen LogP contribution in [0.15, 0.2) is 5.16 Å². The van der Waals surface area contributed by atoms with Gasteiger partial charge in [-0.15, -0.1) is 10.2 Å². The van der Waals surface area contributed by atoms with Gasteiger partial charge in [0.05, 0.1) is 6.61 Å². The second-order valence-electron chi connectivity index (χ2n) is 5.54. The van der Waals surface area contributed by atoms with E-state index in [9.17, 15) is 0 Å². The van der Waals surface area contributed by atoms with Gasteiger partial charge in [0.15, 0.2) is 11.4 Å². The number of rotatable bonds is 6. The van der Waals surface area contributed by atoms with Crippen molar-refractivity contribution in [2.75, 3.05) is 19.0 Å². The molecule has 112 valence electrons. The van der Waals surface area contributed by atoms with Crippen molar-refractivity contribution in [3.8, 4) is 0 Å². The molecule has 3 rings (SSSR count). The summed E-state index contributed by atoms with van der Waals surface area (Å²) in [6, 6.07) is 0. The predicted octanol–water partition coefficient (Wildman–Crippen LogP) is 2.72. The highest BCUT2D eigenvalue weighted by Gasteiger charge is 2.25. The van der Waals surface area contributed by atoms with Crippen LogP contribution in [0.1, 0.15) is 50.3 Å². The zero-order valence-corrected chi connectivity index (χ0v) is 12.9. The van der Waals surface area contributed by atoms with Crippen LogP contribution in [-0.4, -0.2) is 40.0 Å². The van der Waals surface area contributed by atoms with E-state index in [2.05, 4.69) is 21.8 Å². The molecule has 0 aromatic carbocycles. The lowest BCUT2D eigenvalue weighted by Crippen LogP contribution is -2.23. The average Bonchev–Trinajstić information content (AvgIpc) is 2.76. The molecule has 0 bridgehead atoms. The van der Waals surface area contributed by atoms with Gasteiger partial charge in [-0.3, -0.25) is 0 Å². The number of hydrogen-bond donors (Lipinski definition) is 0. The van der Waals surface area contributed by atoms with Gasteiger partial charge in [0.25, 0.3) is 0 Å². The van der Waals surface area contributed by atoms with E-state index < -0.39 is 0 Å². The molecule has 1 aromatic heterocycles. The first-order chi connectivity index (χ1) is 9.84. The Kier molecular flexibility index (Phi) is 4.96. The first-order valence-corrected chi connectivity index (χ1v) is 8.58. The summed E-state index contributed by atoms with van der Waals surface area (Å²) in [6.07, 6.45) is 7.27. The Morgan fingerprint density at radius 3 is 2.85 bits per heavy atom. The molecule has 0 N–H and O–H groups in total. The Hall–Kier alpha value is -0.590. The number of nitrogens with zero attached hydrogens (tertiary/aromatic N) is 3. The van der Waals surface area contributed by atoms with Crippen LogP contribution in [0.5, 0.6) is 0 Å². The van der Waals surface area contributed by atoms with E-state index in [1.54, 1.807) is 11.8 Å². The molecule has 0 amide bonds. The molecule has 6 heteroatoms. The summed E-state index contributed by atoms with van der Waals surface area (Å²) in [4.78, 5) is 0. The summed E-state index contributed by atoms with van der Waals surface area (Å²) < 4.78 is 13.4. The minimum Gasteiger partial charge on any atom is -0.353 e. The monoisotopic (exact) mass is 297 g/mol. The van der Waals surface area contributed by atoms with Gasteiger partial charge in [0.1, 0.15) is 5.82 Å². The molecule has 5 nitrogen and oxygen atoms in total. The largest absolute Gasteiger partial charge is 0.353 e. The van der Waals surface area contributed by atoms with E-state index >= 15 is 0 Å². The van der Waals surface area contributed by atoms with Gasteiger partial charge in [-0.25, -0.2) is 0 Å². The molecule has 1 saturated heterocycles. The summed E-state index contributed by atoms with van der Waals surface area (Å²) in [5.41, 5.74) is 0. The van der Waals surface area contributed by atoms with E-state index in [1.165, 1.54) is 25.7 Å². The third-order valence-corrected chi connectivity index (χ3v) is 5.08. The number of ether oxygens (including phenoxy) is 2. The zero-order valence-electron chi connectivity index (χ0n) is 12.1. The Labute approximate surface area is 124 Å². The summed E-state index contributed by atoms with van der Waals surface area (Å²) >= 11 is 1.72. The first kappa shape index (κ1) is 14.4. The molecule has 1 saturated carbocycles. The quantitative estimate of drug-likeness (QED) is 0.597. The molecule has 0 radical (unpaired) electrons. The van der Waals surface area contributed by atoms with Crippen molar-refractivity contribution >= 4 is 11.8 Å². The van der Waals surface area contributed by atoms with Crippen molar-refractivity contribution in [1.82, 2.24) is 14.8 Å². The van der Waals surface area contributed by atoms with E-state index in [0.717, 1.165) is 36.2 Å². The lowest BCUT2D eigenvalue weighted by atomic mass is 9.85. The van der Waals surface area contributed by atoms with Gasteiger partial charge in [-0.05, 0) is 32.1 Å². The van der Waals surface area contributed by atoms with Crippen LogP contribution < -0.4 is 0 Å². The Balaban J connectivity index is 1.40. The highest BCUT2D eigenvalue weighted by molar-refractivity contribution is 7.99. The fourth-order valence-corrected chi connectivity index (χ4v) is 3.38. The van der Waals surface area contributed by atoms with Gasteiger partial charge in [0.2, 0.25) is 0 Å². The van der Waals surface area contributed by atoms with Crippen molar-refractivity contribution < 1.29 is 9.47 Å². The zero-order chi connectivity index (χ0) is 13.8. The van der Waals surface area contributed by atoms with Gasteiger partial charge < -0.3 is 14.0 Å². The molecule has 1 aliphatic heterocycles. The molecular weight excluding hydrogens is 274 g/mol. The fraction of sp³-hybridized carbons (Fsp3) is 0.857. The minimum absolute atomic E-state index is 0.00869. The van der Waals surface area contributed by atoms with Crippen molar-refractivity contribution in [3.63, 3.8) is 0 Å². The topological polar surface area (TPSA) is 49.2 Å². The minimum atomic E-state index is 0.00869. The van der Waals surface area contributed by atoms with Gasteiger partial charge >= 0.3 is 0 Å². The third-order valence-electron chi connectivity index (χ3n) is 4.10. The van der Waals surface area contributed by atoms with E-state index in [0.29, 0.717) is 12.5 Å². The molecule has 0 spiro atoms. The second kappa shape index (κ2) is 6.91. The van der Waals surface area contributed by atoms with Gasteiger partial charge in [-0.1, -0.05) is 18.2 Å². The maximum Gasteiger partial charge on any atom is 0.191 e. The first-order valence-electron chi connectivity index (χ1n) is 7.60. The van der Waals surface area contributed by atoms with Crippen LogP contribution >= 0.6 is 11.8 Å². The maximum atomic E-state index is 5.73. The Morgan fingerprint density at radius 1 is 1.25 bits per heavy atom. The number of aromatic nitrogens is 3.